The van der Waals surface area contributed by atoms with Crippen molar-refractivity contribution >= 4 is 11.9 Å². The van der Waals surface area contributed by atoms with Gasteiger partial charge in [-0.05, 0) is 19.9 Å². The van der Waals surface area contributed by atoms with Gasteiger partial charge < -0.3 is 16.2 Å². The SMILES string of the molecule is C/C(=C\C(=C(\C)N)C(F)F)NC(=O)C(=O)O. The fourth-order valence-electron chi connectivity index (χ4n) is 0.851. The molecule has 0 aliphatic carbocycles. The third kappa shape index (κ3) is 4.54. The first-order valence-electron chi connectivity index (χ1n) is 4.22. The molecule has 0 atom stereocenters. The van der Waals surface area contributed by atoms with E-state index in [2.05, 4.69) is 0 Å². The van der Waals surface area contributed by atoms with E-state index in [1.165, 1.54) is 13.8 Å². The molecule has 0 aromatic rings. The number of hydrogen-bond acceptors (Lipinski definition) is 3. The molecule has 90 valence electrons. The lowest BCUT2D eigenvalue weighted by atomic mass is 10.2. The average molecular weight is 234 g/mol. The fraction of sp³-hybridized carbons (Fsp3) is 0.333. The van der Waals surface area contributed by atoms with Gasteiger partial charge in [-0.2, -0.15) is 0 Å². The summed E-state index contributed by atoms with van der Waals surface area (Å²) in [5.41, 5.74) is 4.63. The van der Waals surface area contributed by atoms with E-state index in [1.807, 2.05) is 5.32 Å². The lowest BCUT2D eigenvalue weighted by molar-refractivity contribution is -0.149. The van der Waals surface area contributed by atoms with Crippen LogP contribution >= 0.6 is 0 Å². The maximum atomic E-state index is 12.4. The van der Waals surface area contributed by atoms with Crippen LogP contribution in [0.2, 0.25) is 0 Å². The van der Waals surface area contributed by atoms with Crippen LogP contribution in [0, 0.1) is 0 Å². The van der Waals surface area contributed by atoms with E-state index in [-0.39, 0.29) is 11.4 Å². The van der Waals surface area contributed by atoms with Crippen molar-refractivity contribution in [1.82, 2.24) is 5.32 Å². The molecule has 0 bridgehead atoms. The van der Waals surface area contributed by atoms with E-state index in [4.69, 9.17) is 10.8 Å². The first-order valence-corrected chi connectivity index (χ1v) is 4.22. The zero-order valence-electron chi connectivity index (χ0n) is 8.75. The molecule has 7 heteroatoms. The number of nitrogens with two attached hydrogens (primary N) is 1. The minimum absolute atomic E-state index is 0.0208. The summed E-state index contributed by atoms with van der Waals surface area (Å²) in [7, 11) is 0. The molecule has 0 rings (SSSR count). The van der Waals surface area contributed by atoms with Crippen LogP contribution in [0.25, 0.3) is 0 Å². The van der Waals surface area contributed by atoms with Crippen molar-refractivity contribution in [2.75, 3.05) is 0 Å². The number of amides is 1. The lowest BCUT2D eigenvalue weighted by Gasteiger charge is -2.06. The number of allylic oxidation sites excluding steroid dienone is 4. The Morgan fingerprint density at radius 2 is 1.88 bits per heavy atom. The van der Waals surface area contributed by atoms with E-state index >= 15 is 0 Å². The molecule has 0 saturated heterocycles. The molecule has 4 N–H and O–H groups in total. The number of carboxylic acids is 1. The second-order valence-electron chi connectivity index (χ2n) is 3.03. The molecular weight excluding hydrogens is 222 g/mol. The fourth-order valence-corrected chi connectivity index (χ4v) is 0.851. The Labute approximate surface area is 90.6 Å². The molecule has 16 heavy (non-hydrogen) atoms. The summed E-state index contributed by atoms with van der Waals surface area (Å²) < 4.78 is 24.8. The number of nitrogens with one attached hydrogen (secondary N) is 1. The van der Waals surface area contributed by atoms with Gasteiger partial charge in [0.15, 0.2) is 0 Å². The van der Waals surface area contributed by atoms with Crippen molar-refractivity contribution in [3.8, 4) is 0 Å². The van der Waals surface area contributed by atoms with Crippen LogP contribution in [0.4, 0.5) is 8.78 Å². The zero-order chi connectivity index (χ0) is 12.9. The van der Waals surface area contributed by atoms with Gasteiger partial charge in [-0.3, -0.25) is 4.79 Å². The molecule has 0 unspecified atom stereocenters. The Morgan fingerprint density at radius 1 is 1.38 bits per heavy atom. The second kappa shape index (κ2) is 5.84. The van der Waals surface area contributed by atoms with Crippen molar-refractivity contribution in [3.63, 3.8) is 0 Å². The maximum Gasteiger partial charge on any atom is 0.394 e. The van der Waals surface area contributed by atoms with Crippen LogP contribution in [0.15, 0.2) is 23.0 Å². The Kier molecular flexibility index (Phi) is 5.14. The molecule has 0 radical (unpaired) electrons. The summed E-state index contributed by atoms with van der Waals surface area (Å²) >= 11 is 0. The molecular formula is C9H12F2N2O3. The first-order chi connectivity index (χ1) is 7.25. The number of halogens is 2. The molecule has 5 nitrogen and oxygen atoms in total. The molecule has 0 spiro atoms. The van der Waals surface area contributed by atoms with Gasteiger partial charge in [0.05, 0.1) is 0 Å². The normalized spacial score (nSPS) is 13.4. The van der Waals surface area contributed by atoms with Gasteiger partial charge in [-0.15, -0.1) is 0 Å². The number of rotatable bonds is 3. The predicted molar refractivity (Wildman–Crippen MR) is 52.4 cm³/mol. The smallest absolute Gasteiger partial charge is 0.394 e. The van der Waals surface area contributed by atoms with Crippen LogP contribution in [-0.4, -0.2) is 23.4 Å². The topological polar surface area (TPSA) is 92.4 Å². The summed E-state index contributed by atoms with van der Waals surface area (Å²) in [6, 6.07) is 0. The van der Waals surface area contributed by atoms with Gasteiger partial charge in [0, 0.05) is 17.0 Å². The molecule has 0 aliphatic rings. The monoisotopic (exact) mass is 234 g/mol. The third-order valence-electron chi connectivity index (χ3n) is 1.57. The summed E-state index contributed by atoms with van der Waals surface area (Å²) in [6.07, 6.45) is -1.86. The number of carbonyl (C=O) groups is 2. The van der Waals surface area contributed by atoms with Gasteiger partial charge in [0.2, 0.25) is 0 Å². The van der Waals surface area contributed by atoms with Gasteiger partial charge in [0.25, 0.3) is 6.43 Å². The Hall–Kier alpha value is -1.92. The van der Waals surface area contributed by atoms with Gasteiger partial charge >= 0.3 is 11.9 Å². The number of aliphatic carboxylic acids is 1. The molecule has 0 saturated carbocycles. The van der Waals surface area contributed by atoms with Crippen LogP contribution < -0.4 is 11.1 Å². The Balaban J connectivity index is 4.84. The van der Waals surface area contributed by atoms with Crippen LogP contribution in [-0.2, 0) is 9.59 Å². The molecule has 0 aromatic heterocycles. The van der Waals surface area contributed by atoms with Crippen molar-refractivity contribution in [3.05, 3.63) is 23.0 Å². The summed E-state index contributed by atoms with van der Waals surface area (Å²) in [5.74, 6) is -2.99. The van der Waals surface area contributed by atoms with E-state index in [0.29, 0.717) is 0 Å². The Morgan fingerprint density at radius 3 is 2.19 bits per heavy atom. The van der Waals surface area contributed by atoms with E-state index < -0.39 is 23.9 Å². The quantitative estimate of drug-likeness (QED) is 0.492. The summed E-state index contributed by atoms with van der Waals surface area (Å²) in [4.78, 5) is 20.9. The molecule has 1 amide bonds. The highest BCUT2D eigenvalue weighted by molar-refractivity contribution is 6.31. The van der Waals surface area contributed by atoms with Crippen molar-refractivity contribution in [2.45, 2.75) is 20.3 Å². The molecule has 0 aromatic carbocycles. The van der Waals surface area contributed by atoms with Gasteiger partial charge in [0.1, 0.15) is 0 Å². The average Bonchev–Trinajstić information content (AvgIpc) is 2.12. The Bertz CT molecular complexity index is 358. The second-order valence-corrected chi connectivity index (χ2v) is 3.03. The van der Waals surface area contributed by atoms with Crippen molar-refractivity contribution in [1.29, 1.82) is 0 Å². The minimum Gasteiger partial charge on any atom is -0.474 e. The molecule has 0 heterocycles. The maximum absolute atomic E-state index is 12.4. The van der Waals surface area contributed by atoms with E-state index in [1.54, 1.807) is 0 Å². The predicted octanol–water partition coefficient (Wildman–Crippen LogP) is 0.589. The highest BCUT2D eigenvalue weighted by Crippen LogP contribution is 2.13. The van der Waals surface area contributed by atoms with E-state index in [0.717, 1.165) is 6.08 Å². The highest BCUT2D eigenvalue weighted by atomic mass is 19.3. The summed E-state index contributed by atoms with van der Waals surface area (Å²) in [5, 5.41) is 10.2. The molecule has 0 aliphatic heterocycles. The number of carboxylic acid groups (broad SMARTS) is 1. The number of carbonyl (C=O) groups excluding carboxylic acids is 1. The molecule has 0 fully saturated rings. The van der Waals surface area contributed by atoms with Crippen LogP contribution in [0.1, 0.15) is 13.8 Å². The lowest BCUT2D eigenvalue weighted by Crippen LogP contribution is -2.29. The van der Waals surface area contributed by atoms with E-state index in [9.17, 15) is 18.4 Å². The summed E-state index contributed by atoms with van der Waals surface area (Å²) in [6.45, 7) is 2.57. The van der Waals surface area contributed by atoms with Gasteiger partial charge in [-0.1, -0.05) is 0 Å². The third-order valence-corrected chi connectivity index (χ3v) is 1.57. The van der Waals surface area contributed by atoms with Gasteiger partial charge in [-0.25, -0.2) is 13.6 Å². The number of alkyl halides is 2. The zero-order valence-corrected chi connectivity index (χ0v) is 8.75. The van der Waals surface area contributed by atoms with Crippen molar-refractivity contribution in [2.24, 2.45) is 5.73 Å². The van der Waals surface area contributed by atoms with Crippen LogP contribution in [0.5, 0.6) is 0 Å². The minimum atomic E-state index is -2.79. The standard InChI is InChI=1S/C9H12F2N2O3/c1-4(13-8(14)9(15)16)3-6(5(2)12)7(10)11/h3,7H,12H2,1-2H3,(H,13,14)(H,15,16)/b4-3+,6-5+. The highest BCUT2D eigenvalue weighted by Gasteiger charge is 2.14. The van der Waals surface area contributed by atoms with Crippen LogP contribution in [0.3, 0.4) is 0 Å². The van der Waals surface area contributed by atoms with Crippen molar-refractivity contribution < 1.29 is 23.5 Å². The number of hydrogen-bond donors (Lipinski definition) is 3. The largest absolute Gasteiger partial charge is 0.474 e. The first kappa shape index (κ1) is 14.1.